The van der Waals surface area contributed by atoms with Gasteiger partial charge < -0.3 is 10.1 Å². The summed E-state index contributed by atoms with van der Waals surface area (Å²) in [6, 6.07) is 0.756. The number of aromatic carboxylic acids is 1. The van der Waals surface area contributed by atoms with Gasteiger partial charge in [0.05, 0.1) is 17.3 Å². The van der Waals surface area contributed by atoms with Crippen LogP contribution < -0.4 is 0 Å². The van der Waals surface area contributed by atoms with Crippen LogP contribution in [0.2, 0.25) is 0 Å². The SMILES string of the molecule is O=C(O)c1cnn(-c2nc3c(F)c(F)c(F)cc3[nH]2)c1. The number of rotatable bonds is 2. The van der Waals surface area contributed by atoms with Crippen LogP contribution in [0.25, 0.3) is 17.0 Å². The van der Waals surface area contributed by atoms with E-state index in [1.165, 1.54) is 0 Å². The molecular formula is C11H5F3N4O2. The van der Waals surface area contributed by atoms with E-state index in [9.17, 15) is 18.0 Å². The second kappa shape index (κ2) is 4.08. The lowest BCUT2D eigenvalue weighted by Crippen LogP contribution is -1.97. The van der Waals surface area contributed by atoms with Crippen LogP contribution in [0.15, 0.2) is 18.5 Å². The van der Waals surface area contributed by atoms with Crippen LogP contribution >= 0.6 is 0 Å². The largest absolute Gasteiger partial charge is 0.478 e. The van der Waals surface area contributed by atoms with Crippen molar-refractivity contribution in [3.63, 3.8) is 0 Å². The molecular weight excluding hydrogens is 277 g/mol. The Balaban J connectivity index is 2.17. The van der Waals surface area contributed by atoms with Crippen LogP contribution in [-0.2, 0) is 0 Å². The van der Waals surface area contributed by atoms with Gasteiger partial charge in [0.15, 0.2) is 17.5 Å². The first-order valence-electron chi connectivity index (χ1n) is 5.29. The highest BCUT2D eigenvalue weighted by Gasteiger charge is 2.18. The monoisotopic (exact) mass is 282 g/mol. The van der Waals surface area contributed by atoms with Gasteiger partial charge in [0.1, 0.15) is 5.52 Å². The van der Waals surface area contributed by atoms with E-state index in [0.29, 0.717) is 0 Å². The van der Waals surface area contributed by atoms with E-state index < -0.39 is 28.9 Å². The summed E-state index contributed by atoms with van der Waals surface area (Å²) in [6.07, 6.45) is 2.19. The predicted molar refractivity (Wildman–Crippen MR) is 60.0 cm³/mol. The molecule has 0 spiro atoms. The highest BCUT2D eigenvalue weighted by atomic mass is 19.2. The second-order valence-corrected chi connectivity index (χ2v) is 3.92. The van der Waals surface area contributed by atoms with Crippen molar-refractivity contribution in [2.45, 2.75) is 0 Å². The second-order valence-electron chi connectivity index (χ2n) is 3.92. The van der Waals surface area contributed by atoms with E-state index in [0.717, 1.165) is 23.1 Å². The molecule has 2 aromatic heterocycles. The number of nitrogens with zero attached hydrogens (tertiary/aromatic N) is 3. The van der Waals surface area contributed by atoms with E-state index in [4.69, 9.17) is 5.11 Å². The summed E-state index contributed by atoms with van der Waals surface area (Å²) in [5.74, 6) is -5.65. The maximum atomic E-state index is 13.5. The maximum absolute atomic E-state index is 13.5. The molecule has 0 radical (unpaired) electrons. The number of imidazole rings is 1. The fourth-order valence-electron chi connectivity index (χ4n) is 1.70. The third kappa shape index (κ3) is 1.71. The van der Waals surface area contributed by atoms with Gasteiger partial charge in [-0.1, -0.05) is 0 Å². The molecule has 0 atom stereocenters. The van der Waals surface area contributed by atoms with E-state index in [1.807, 2.05) is 0 Å². The highest BCUT2D eigenvalue weighted by Crippen LogP contribution is 2.22. The molecule has 0 unspecified atom stereocenters. The zero-order chi connectivity index (χ0) is 14.4. The van der Waals surface area contributed by atoms with Crippen LogP contribution in [0, 0.1) is 17.5 Å². The highest BCUT2D eigenvalue weighted by molar-refractivity contribution is 5.87. The summed E-state index contributed by atoms with van der Waals surface area (Å²) >= 11 is 0. The zero-order valence-electron chi connectivity index (χ0n) is 9.56. The topological polar surface area (TPSA) is 83.8 Å². The van der Waals surface area contributed by atoms with Crippen molar-refractivity contribution in [2.75, 3.05) is 0 Å². The van der Waals surface area contributed by atoms with Gasteiger partial charge >= 0.3 is 5.97 Å². The molecule has 2 heterocycles. The van der Waals surface area contributed by atoms with Crippen molar-refractivity contribution >= 4 is 17.0 Å². The molecule has 0 aliphatic heterocycles. The number of benzene rings is 1. The van der Waals surface area contributed by atoms with Gasteiger partial charge in [-0.15, -0.1) is 0 Å². The first-order valence-corrected chi connectivity index (χ1v) is 5.29. The molecule has 1 aromatic carbocycles. The fraction of sp³-hybridized carbons (Fsp3) is 0. The fourth-order valence-corrected chi connectivity index (χ4v) is 1.70. The number of hydrogen-bond acceptors (Lipinski definition) is 3. The Kier molecular flexibility index (Phi) is 2.49. The molecule has 3 rings (SSSR count). The molecule has 9 heteroatoms. The van der Waals surface area contributed by atoms with Crippen molar-refractivity contribution in [2.24, 2.45) is 0 Å². The van der Waals surface area contributed by atoms with E-state index in [-0.39, 0.29) is 17.0 Å². The standard InChI is InChI=1S/C11H5F3N4O2/c12-5-1-6-9(8(14)7(5)13)17-11(16-6)18-3-4(2-15-18)10(19)20/h1-3H,(H,16,17)(H,19,20). The van der Waals surface area contributed by atoms with E-state index in [1.54, 1.807) is 0 Å². The first kappa shape index (κ1) is 12.2. The van der Waals surface area contributed by atoms with E-state index in [2.05, 4.69) is 15.1 Å². The lowest BCUT2D eigenvalue weighted by atomic mass is 10.3. The van der Waals surface area contributed by atoms with Crippen LogP contribution in [0.1, 0.15) is 10.4 Å². The number of aromatic nitrogens is 4. The Morgan fingerprint density at radius 2 is 2.05 bits per heavy atom. The molecule has 0 aliphatic carbocycles. The van der Waals surface area contributed by atoms with Crippen molar-refractivity contribution in [3.8, 4) is 5.95 Å². The normalized spacial score (nSPS) is 11.2. The molecule has 0 bridgehead atoms. The average molecular weight is 282 g/mol. The van der Waals surface area contributed by atoms with Crippen molar-refractivity contribution in [1.29, 1.82) is 0 Å². The smallest absolute Gasteiger partial charge is 0.338 e. The van der Waals surface area contributed by atoms with Gasteiger partial charge in [0, 0.05) is 12.3 Å². The number of nitrogens with one attached hydrogen (secondary N) is 1. The number of carboxylic acid groups (broad SMARTS) is 1. The lowest BCUT2D eigenvalue weighted by Gasteiger charge is -1.94. The van der Waals surface area contributed by atoms with Gasteiger partial charge in [-0.3, -0.25) is 0 Å². The van der Waals surface area contributed by atoms with Crippen molar-refractivity contribution in [3.05, 3.63) is 41.5 Å². The number of fused-ring (bicyclic) bond motifs is 1. The van der Waals surface area contributed by atoms with Gasteiger partial charge in [0.2, 0.25) is 5.95 Å². The summed E-state index contributed by atoms with van der Waals surface area (Å²) in [4.78, 5) is 17.0. The molecule has 3 aromatic rings. The first-order chi connectivity index (χ1) is 9.47. The van der Waals surface area contributed by atoms with Gasteiger partial charge in [0.25, 0.3) is 0 Å². The Morgan fingerprint density at radius 1 is 1.30 bits per heavy atom. The minimum absolute atomic E-state index is 0.0589. The third-order valence-electron chi connectivity index (χ3n) is 2.65. The Bertz CT molecular complexity index is 840. The minimum atomic E-state index is -1.62. The molecule has 102 valence electrons. The summed E-state index contributed by atoms with van der Waals surface area (Å²) in [5, 5.41) is 12.5. The third-order valence-corrected chi connectivity index (χ3v) is 2.65. The quantitative estimate of drug-likeness (QED) is 0.703. The Hall–Kier alpha value is -2.84. The zero-order valence-corrected chi connectivity index (χ0v) is 9.56. The maximum Gasteiger partial charge on any atom is 0.338 e. The molecule has 0 amide bonds. The van der Waals surface area contributed by atoms with Crippen LogP contribution in [0.3, 0.4) is 0 Å². The van der Waals surface area contributed by atoms with Crippen LogP contribution in [0.5, 0.6) is 0 Å². The number of aromatic amines is 1. The van der Waals surface area contributed by atoms with Gasteiger partial charge in [-0.05, 0) is 0 Å². The molecule has 0 saturated carbocycles. The number of carboxylic acids is 1. The molecule has 2 N–H and O–H groups in total. The van der Waals surface area contributed by atoms with Crippen molar-refractivity contribution in [1.82, 2.24) is 19.7 Å². The van der Waals surface area contributed by atoms with Crippen LogP contribution in [0.4, 0.5) is 13.2 Å². The minimum Gasteiger partial charge on any atom is -0.478 e. The Morgan fingerprint density at radius 3 is 2.70 bits per heavy atom. The van der Waals surface area contributed by atoms with E-state index >= 15 is 0 Å². The molecule has 6 nitrogen and oxygen atoms in total. The molecule has 20 heavy (non-hydrogen) atoms. The van der Waals surface area contributed by atoms with Gasteiger partial charge in [-0.25, -0.2) is 27.6 Å². The van der Waals surface area contributed by atoms with Crippen LogP contribution in [-0.4, -0.2) is 30.8 Å². The summed E-state index contributed by atoms with van der Waals surface area (Å²) < 4.78 is 40.7. The number of hydrogen-bond donors (Lipinski definition) is 2. The Labute approximate surface area is 108 Å². The molecule has 0 fully saturated rings. The molecule has 0 aliphatic rings. The average Bonchev–Trinajstić information content (AvgIpc) is 3.01. The number of halogens is 3. The lowest BCUT2D eigenvalue weighted by molar-refractivity contribution is 0.0697. The number of carbonyl (C=O) groups is 1. The summed E-state index contributed by atoms with van der Waals surface area (Å²) in [7, 11) is 0. The summed E-state index contributed by atoms with van der Waals surface area (Å²) in [5.41, 5.74) is -0.571. The van der Waals surface area contributed by atoms with Gasteiger partial charge in [-0.2, -0.15) is 5.10 Å². The van der Waals surface area contributed by atoms with Crippen molar-refractivity contribution < 1.29 is 23.1 Å². The predicted octanol–water partition coefficient (Wildman–Crippen LogP) is 1.86. The molecule has 0 saturated heterocycles. The summed E-state index contributed by atoms with van der Waals surface area (Å²) in [6.45, 7) is 0. The number of H-pyrrole nitrogens is 1.